The summed E-state index contributed by atoms with van der Waals surface area (Å²) in [7, 11) is 0. The predicted molar refractivity (Wildman–Crippen MR) is 118 cm³/mol. The van der Waals surface area contributed by atoms with Gasteiger partial charge in [0.2, 0.25) is 0 Å². The molecule has 0 amide bonds. The Hall–Kier alpha value is -3.79. The molecule has 6 aromatic rings. The van der Waals surface area contributed by atoms with Gasteiger partial charge in [-0.3, -0.25) is 4.68 Å². The highest BCUT2D eigenvalue weighted by atomic mass is 32.1. The third-order valence-electron chi connectivity index (χ3n) is 5.36. The molecule has 0 spiro atoms. The van der Waals surface area contributed by atoms with Gasteiger partial charge in [0, 0.05) is 17.3 Å². The standard InChI is InChI=1S/C22H15F2N7S/c1-12-7-8-26-30(12)10-16-28-21-19-18(25-11-31(21)29-16)17-14(13-5-3-2-4-6-13)9-15(20(23)24)27-22(17)32-19/h2-9,11,20H,10H2,1H3. The minimum Gasteiger partial charge on any atom is -0.262 e. The Morgan fingerprint density at radius 3 is 2.69 bits per heavy atom. The van der Waals surface area contributed by atoms with Crippen molar-refractivity contribution in [2.75, 3.05) is 0 Å². The first-order valence-corrected chi connectivity index (χ1v) is 10.7. The highest BCUT2D eigenvalue weighted by Crippen LogP contribution is 2.40. The van der Waals surface area contributed by atoms with Gasteiger partial charge in [0.25, 0.3) is 6.43 Å². The van der Waals surface area contributed by atoms with Gasteiger partial charge in [-0.2, -0.15) is 5.10 Å². The summed E-state index contributed by atoms with van der Waals surface area (Å²) in [5.41, 5.74) is 3.56. The van der Waals surface area contributed by atoms with Crippen LogP contribution in [0.15, 0.2) is 55.0 Å². The second kappa shape index (κ2) is 7.13. The second-order valence-corrected chi connectivity index (χ2v) is 8.39. The molecule has 0 aliphatic heterocycles. The van der Waals surface area contributed by atoms with Crippen LogP contribution >= 0.6 is 11.3 Å². The lowest BCUT2D eigenvalue weighted by atomic mass is 10.0. The maximum Gasteiger partial charge on any atom is 0.280 e. The smallest absolute Gasteiger partial charge is 0.262 e. The number of aromatic nitrogens is 7. The van der Waals surface area contributed by atoms with Crippen molar-refractivity contribution >= 4 is 37.4 Å². The zero-order valence-corrected chi connectivity index (χ0v) is 17.6. The number of alkyl halides is 2. The van der Waals surface area contributed by atoms with Gasteiger partial charge in [-0.1, -0.05) is 30.3 Å². The number of halogens is 2. The molecule has 0 aliphatic carbocycles. The van der Waals surface area contributed by atoms with Gasteiger partial charge in [-0.05, 0) is 30.2 Å². The Balaban J connectivity index is 1.61. The molecule has 5 aromatic heterocycles. The number of hydrogen-bond acceptors (Lipinski definition) is 6. The predicted octanol–water partition coefficient (Wildman–Crippen LogP) is 5.05. The molecule has 0 N–H and O–H groups in total. The van der Waals surface area contributed by atoms with Crippen molar-refractivity contribution < 1.29 is 8.78 Å². The van der Waals surface area contributed by atoms with E-state index in [0.717, 1.165) is 21.3 Å². The SMILES string of the molecule is Cc1ccnn1Cc1nc2c3sc4nc(C(F)F)cc(-c5ccccc5)c4c3ncn2n1. The van der Waals surface area contributed by atoms with Crippen LogP contribution in [-0.4, -0.2) is 34.3 Å². The van der Waals surface area contributed by atoms with Crippen molar-refractivity contribution in [3.8, 4) is 11.1 Å². The average Bonchev–Trinajstić information content (AvgIpc) is 3.50. The minimum absolute atomic E-state index is 0.254. The molecule has 0 radical (unpaired) electrons. The minimum atomic E-state index is -2.67. The third-order valence-corrected chi connectivity index (χ3v) is 6.43. The van der Waals surface area contributed by atoms with E-state index in [1.54, 1.807) is 17.0 Å². The van der Waals surface area contributed by atoms with Crippen LogP contribution in [0, 0.1) is 6.92 Å². The Morgan fingerprint density at radius 2 is 1.94 bits per heavy atom. The molecule has 1 aromatic carbocycles. The highest BCUT2D eigenvalue weighted by molar-refractivity contribution is 7.26. The van der Waals surface area contributed by atoms with Crippen molar-refractivity contribution in [2.24, 2.45) is 0 Å². The molecule has 0 bridgehead atoms. The van der Waals surface area contributed by atoms with Crippen LogP contribution in [0.25, 0.3) is 37.2 Å². The molecular formula is C22H15F2N7S. The van der Waals surface area contributed by atoms with Crippen LogP contribution in [0.1, 0.15) is 23.6 Å². The van der Waals surface area contributed by atoms with Crippen molar-refractivity contribution in [2.45, 2.75) is 19.9 Å². The average molecular weight is 447 g/mol. The van der Waals surface area contributed by atoms with Crippen LogP contribution in [0.5, 0.6) is 0 Å². The number of benzene rings is 1. The van der Waals surface area contributed by atoms with Crippen LogP contribution < -0.4 is 0 Å². The van der Waals surface area contributed by atoms with Crippen molar-refractivity contribution in [1.29, 1.82) is 0 Å². The van der Waals surface area contributed by atoms with Crippen LogP contribution in [0.4, 0.5) is 8.78 Å². The van der Waals surface area contributed by atoms with Gasteiger partial charge in [-0.15, -0.1) is 16.4 Å². The number of pyridine rings is 1. The highest BCUT2D eigenvalue weighted by Gasteiger charge is 2.21. The van der Waals surface area contributed by atoms with Gasteiger partial charge in [-0.25, -0.2) is 28.2 Å². The third kappa shape index (κ3) is 2.94. The van der Waals surface area contributed by atoms with Gasteiger partial charge in [0.15, 0.2) is 11.5 Å². The molecule has 6 rings (SSSR count). The number of nitrogens with zero attached hydrogens (tertiary/aromatic N) is 7. The molecule has 158 valence electrons. The summed E-state index contributed by atoms with van der Waals surface area (Å²) >= 11 is 1.30. The Bertz CT molecular complexity index is 1600. The largest absolute Gasteiger partial charge is 0.280 e. The van der Waals surface area contributed by atoms with Crippen LogP contribution in [0.2, 0.25) is 0 Å². The zero-order chi connectivity index (χ0) is 21.8. The molecule has 5 heterocycles. The normalized spacial score (nSPS) is 12.0. The molecular weight excluding hydrogens is 432 g/mol. The fourth-order valence-corrected chi connectivity index (χ4v) is 4.95. The summed E-state index contributed by atoms with van der Waals surface area (Å²) in [6.07, 6.45) is 0.664. The van der Waals surface area contributed by atoms with E-state index in [0.29, 0.717) is 33.9 Å². The molecule has 10 heteroatoms. The lowest BCUT2D eigenvalue weighted by Crippen LogP contribution is -2.05. The van der Waals surface area contributed by atoms with E-state index < -0.39 is 6.43 Å². The first-order chi connectivity index (χ1) is 15.6. The van der Waals surface area contributed by atoms with E-state index >= 15 is 0 Å². The first kappa shape index (κ1) is 18.9. The Labute approximate surface area is 184 Å². The molecule has 0 saturated carbocycles. The molecule has 0 aliphatic rings. The van der Waals surface area contributed by atoms with E-state index in [4.69, 9.17) is 4.98 Å². The Morgan fingerprint density at radius 1 is 1.09 bits per heavy atom. The summed E-state index contributed by atoms with van der Waals surface area (Å²) < 4.78 is 31.4. The molecule has 0 fully saturated rings. The van der Waals surface area contributed by atoms with E-state index in [1.807, 2.05) is 48.0 Å². The summed E-state index contributed by atoms with van der Waals surface area (Å²) in [6, 6.07) is 12.8. The lowest BCUT2D eigenvalue weighted by molar-refractivity contribution is 0.146. The summed E-state index contributed by atoms with van der Waals surface area (Å²) in [5, 5.41) is 9.55. The molecule has 7 nitrogen and oxygen atoms in total. The lowest BCUT2D eigenvalue weighted by Gasteiger charge is -2.07. The van der Waals surface area contributed by atoms with Gasteiger partial charge < -0.3 is 0 Å². The maximum absolute atomic E-state index is 13.6. The fourth-order valence-electron chi connectivity index (χ4n) is 3.81. The second-order valence-electron chi connectivity index (χ2n) is 7.39. The summed E-state index contributed by atoms with van der Waals surface area (Å²) in [6.45, 7) is 2.39. The van der Waals surface area contributed by atoms with Crippen LogP contribution in [0.3, 0.4) is 0 Å². The molecule has 0 unspecified atom stereocenters. The number of hydrogen-bond donors (Lipinski definition) is 0. The van der Waals surface area contributed by atoms with Crippen LogP contribution in [-0.2, 0) is 6.54 Å². The fraction of sp³-hybridized carbons (Fsp3) is 0.136. The van der Waals surface area contributed by atoms with Gasteiger partial charge in [0.05, 0.1) is 5.52 Å². The number of rotatable bonds is 4. The zero-order valence-electron chi connectivity index (χ0n) is 16.8. The van der Waals surface area contributed by atoms with Crippen molar-refractivity contribution in [1.82, 2.24) is 34.3 Å². The molecule has 32 heavy (non-hydrogen) atoms. The van der Waals surface area contributed by atoms with E-state index in [1.165, 1.54) is 17.4 Å². The number of fused-ring (bicyclic) bond motifs is 5. The summed E-state index contributed by atoms with van der Waals surface area (Å²) in [5.74, 6) is 0.591. The topological polar surface area (TPSA) is 73.8 Å². The molecule has 0 saturated heterocycles. The van der Waals surface area contributed by atoms with Crippen molar-refractivity contribution in [3.63, 3.8) is 0 Å². The molecule has 0 atom stereocenters. The van der Waals surface area contributed by atoms with E-state index in [2.05, 4.69) is 20.2 Å². The number of aryl methyl sites for hydroxylation is 1. The van der Waals surface area contributed by atoms with E-state index in [-0.39, 0.29) is 5.69 Å². The van der Waals surface area contributed by atoms with Gasteiger partial charge in [0.1, 0.15) is 28.1 Å². The van der Waals surface area contributed by atoms with E-state index in [9.17, 15) is 8.78 Å². The monoisotopic (exact) mass is 447 g/mol. The maximum atomic E-state index is 13.6. The quantitative estimate of drug-likeness (QED) is 0.378. The Kier molecular flexibility index (Phi) is 4.22. The first-order valence-electron chi connectivity index (χ1n) is 9.88. The number of thiophene rings is 1. The van der Waals surface area contributed by atoms with Gasteiger partial charge >= 0.3 is 0 Å². The van der Waals surface area contributed by atoms with Crippen molar-refractivity contribution in [3.05, 3.63) is 72.2 Å². The summed E-state index contributed by atoms with van der Waals surface area (Å²) in [4.78, 5) is 14.1.